The maximum Gasteiger partial charge on any atom is 0.229 e. The fourth-order valence-electron chi connectivity index (χ4n) is 0.903. The predicted octanol–water partition coefficient (Wildman–Crippen LogP) is 0.595. The van der Waals surface area contributed by atoms with E-state index in [1.165, 1.54) is 7.05 Å². The van der Waals surface area contributed by atoms with E-state index in [0.29, 0.717) is 5.69 Å². The van der Waals surface area contributed by atoms with Gasteiger partial charge < -0.3 is 0 Å². The van der Waals surface area contributed by atoms with Crippen molar-refractivity contribution >= 4 is 28.1 Å². The van der Waals surface area contributed by atoms with Gasteiger partial charge in [0, 0.05) is 7.05 Å². The fraction of sp³-hybridized carbons (Fsp3) is 0.250. The van der Waals surface area contributed by atoms with Gasteiger partial charge in [-0.05, 0) is 12.1 Å². The first kappa shape index (κ1) is 14.2. The lowest BCUT2D eigenvalue weighted by molar-refractivity contribution is 0.449. The number of benzene rings is 1. The number of rotatable bonds is 3. The van der Waals surface area contributed by atoms with Crippen molar-refractivity contribution in [3.8, 4) is 0 Å². The van der Waals surface area contributed by atoms with E-state index in [1.54, 1.807) is 24.3 Å². The molecule has 0 amide bonds. The molecule has 0 aliphatic rings. The molecule has 1 aromatic rings. The summed E-state index contributed by atoms with van der Waals surface area (Å²) in [4.78, 5) is 0. The molecule has 0 unspecified atom stereocenters. The van der Waals surface area contributed by atoms with E-state index in [0.717, 1.165) is 15.8 Å². The Bertz CT molecular complexity index is 396. The number of hydrogen-bond acceptors (Lipinski definition) is 4. The van der Waals surface area contributed by atoms with Gasteiger partial charge in [0.05, 0.1) is 11.9 Å². The third kappa shape index (κ3) is 3.67. The second-order valence-electron chi connectivity index (χ2n) is 2.88. The minimum Gasteiger partial charge on any atom is -0.232 e. The lowest BCUT2D eigenvalue weighted by atomic mass is 10.3. The van der Waals surface area contributed by atoms with Crippen molar-refractivity contribution in [2.45, 2.75) is 0 Å². The van der Waals surface area contributed by atoms with E-state index in [2.05, 4.69) is 0 Å². The van der Waals surface area contributed by atoms with Gasteiger partial charge in [0.15, 0.2) is 0 Å². The minimum atomic E-state index is -3.32. The van der Waals surface area contributed by atoms with Crippen LogP contribution in [0.2, 0.25) is 0 Å². The smallest absolute Gasteiger partial charge is 0.229 e. The molecule has 0 fully saturated rings. The van der Waals surface area contributed by atoms with E-state index in [1.807, 2.05) is 6.07 Å². The first-order chi connectivity index (χ1) is 6.43. The number of hydrogen-bond donors (Lipinski definition) is 1. The van der Waals surface area contributed by atoms with Crippen molar-refractivity contribution in [2.24, 2.45) is 5.84 Å². The molecular weight excluding hydrogens is 238 g/mol. The molecule has 0 aromatic heterocycles. The molecule has 0 spiro atoms. The Labute approximate surface area is 95.9 Å². The average Bonchev–Trinajstić information content (AvgIpc) is 2.15. The monoisotopic (exact) mass is 251 g/mol. The standard InChI is InChI=1S/C8H13N3O2S.ClH/c1-10(14(2,12)13)11(9)8-6-4-3-5-7-8;/h3-7H,9H2,1-2H3;1H. The van der Waals surface area contributed by atoms with Crippen molar-refractivity contribution in [3.05, 3.63) is 30.3 Å². The number of nitrogens with zero attached hydrogens (tertiary/aromatic N) is 2. The Morgan fingerprint density at radius 3 is 2.07 bits per heavy atom. The summed E-state index contributed by atoms with van der Waals surface area (Å²) in [5.74, 6) is 5.60. The van der Waals surface area contributed by atoms with Crippen LogP contribution in [0.5, 0.6) is 0 Å². The van der Waals surface area contributed by atoms with Crippen molar-refractivity contribution in [1.82, 2.24) is 4.41 Å². The van der Waals surface area contributed by atoms with Gasteiger partial charge in [-0.3, -0.25) is 0 Å². The zero-order valence-corrected chi connectivity index (χ0v) is 10.1. The zero-order valence-electron chi connectivity index (χ0n) is 8.49. The molecule has 7 heteroatoms. The molecule has 0 aliphatic heterocycles. The lowest BCUT2D eigenvalue weighted by Crippen LogP contribution is -2.48. The first-order valence-electron chi connectivity index (χ1n) is 3.96. The van der Waals surface area contributed by atoms with Crippen LogP contribution in [0.3, 0.4) is 0 Å². The fourth-order valence-corrected chi connectivity index (χ4v) is 1.32. The Balaban J connectivity index is 0.00000196. The van der Waals surface area contributed by atoms with E-state index in [9.17, 15) is 8.42 Å². The predicted molar refractivity (Wildman–Crippen MR) is 63.0 cm³/mol. The summed E-state index contributed by atoms with van der Waals surface area (Å²) >= 11 is 0. The van der Waals surface area contributed by atoms with E-state index < -0.39 is 10.0 Å². The largest absolute Gasteiger partial charge is 0.232 e. The molecule has 0 saturated carbocycles. The summed E-state index contributed by atoms with van der Waals surface area (Å²) in [5.41, 5.74) is 0.612. The van der Waals surface area contributed by atoms with Crippen LogP contribution in [0, 0.1) is 0 Å². The first-order valence-corrected chi connectivity index (χ1v) is 5.81. The molecule has 1 aromatic carbocycles. The molecule has 2 N–H and O–H groups in total. The third-order valence-corrected chi connectivity index (χ3v) is 2.94. The highest BCUT2D eigenvalue weighted by Gasteiger charge is 2.16. The maximum atomic E-state index is 11.2. The van der Waals surface area contributed by atoms with Crippen LogP contribution < -0.4 is 11.0 Å². The van der Waals surface area contributed by atoms with Gasteiger partial charge in [-0.25, -0.2) is 19.4 Å². The Morgan fingerprint density at radius 1 is 1.20 bits per heavy atom. The van der Waals surface area contributed by atoms with Crippen LogP contribution in [0.4, 0.5) is 5.69 Å². The van der Waals surface area contributed by atoms with E-state index >= 15 is 0 Å². The number of nitrogens with two attached hydrogens (primary N) is 1. The van der Waals surface area contributed by atoms with Crippen LogP contribution in [-0.4, -0.2) is 26.1 Å². The highest BCUT2D eigenvalue weighted by molar-refractivity contribution is 7.88. The van der Waals surface area contributed by atoms with Crippen LogP contribution in [0.1, 0.15) is 0 Å². The summed E-state index contributed by atoms with van der Waals surface area (Å²) in [6, 6.07) is 8.85. The number of anilines is 1. The molecule has 1 rings (SSSR count). The number of para-hydroxylation sites is 1. The number of halogens is 1. The van der Waals surface area contributed by atoms with Crippen molar-refractivity contribution in [1.29, 1.82) is 0 Å². The van der Waals surface area contributed by atoms with Gasteiger partial charge in [-0.15, -0.1) is 16.8 Å². The molecule has 0 radical (unpaired) electrons. The SMILES string of the molecule is CN(N(N)c1ccccc1)S(C)(=O)=O.Cl. The summed E-state index contributed by atoms with van der Waals surface area (Å²) in [6.45, 7) is 0. The van der Waals surface area contributed by atoms with Crippen molar-refractivity contribution in [2.75, 3.05) is 18.4 Å². The van der Waals surface area contributed by atoms with Crippen molar-refractivity contribution < 1.29 is 8.42 Å². The molecule has 86 valence electrons. The Morgan fingerprint density at radius 2 is 1.67 bits per heavy atom. The van der Waals surface area contributed by atoms with Gasteiger partial charge in [-0.1, -0.05) is 18.2 Å². The summed E-state index contributed by atoms with van der Waals surface area (Å²) in [7, 11) is -1.92. The second-order valence-corrected chi connectivity index (χ2v) is 4.87. The van der Waals surface area contributed by atoms with Gasteiger partial charge in [0.1, 0.15) is 0 Å². The molecular formula is C8H14ClN3O2S. The van der Waals surface area contributed by atoms with Crippen LogP contribution >= 0.6 is 12.4 Å². The van der Waals surface area contributed by atoms with Gasteiger partial charge in [0.2, 0.25) is 10.0 Å². The summed E-state index contributed by atoms with van der Waals surface area (Å²) in [6.07, 6.45) is 1.09. The summed E-state index contributed by atoms with van der Waals surface area (Å²) < 4.78 is 23.3. The molecule has 0 aliphatic carbocycles. The lowest BCUT2D eigenvalue weighted by Gasteiger charge is -2.26. The van der Waals surface area contributed by atoms with Gasteiger partial charge in [0.25, 0.3) is 0 Å². The molecule has 0 heterocycles. The molecule has 0 saturated heterocycles. The zero-order chi connectivity index (χ0) is 10.8. The normalized spacial score (nSPS) is 10.9. The number of hydrazine groups is 2. The highest BCUT2D eigenvalue weighted by Crippen LogP contribution is 2.12. The quantitative estimate of drug-likeness (QED) is 0.631. The Kier molecular flexibility index (Phi) is 5.02. The van der Waals surface area contributed by atoms with Crippen LogP contribution in [-0.2, 0) is 10.0 Å². The molecule has 5 nitrogen and oxygen atoms in total. The maximum absolute atomic E-state index is 11.2. The molecule has 0 atom stereocenters. The van der Waals surface area contributed by atoms with E-state index in [4.69, 9.17) is 5.84 Å². The van der Waals surface area contributed by atoms with Crippen LogP contribution in [0.15, 0.2) is 30.3 Å². The second kappa shape index (κ2) is 5.32. The molecule has 0 bridgehead atoms. The highest BCUT2D eigenvalue weighted by atomic mass is 35.5. The number of sulfonamides is 1. The van der Waals surface area contributed by atoms with Crippen molar-refractivity contribution in [3.63, 3.8) is 0 Å². The van der Waals surface area contributed by atoms with Gasteiger partial charge in [-0.2, -0.15) is 0 Å². The van der Waals surface area contributed by atoms with Gasteiger partial charge >= 0.3 is 0 Å². The summed E-state index contributed by atoms with van der Waals surface area (Å²) in [5, 5.41) is 1.08. The topological polar surface area (TPSA) is 66.6 Å². The molecule has 15 heavy (non-hydrogen) atoms. The Hall–Kier alpha value is -0.820. The van der Waals surface area contributed by atoms with Crippen LogP contribution in [0.25, 0.3) is 0 Å². The average molecular weight is 252 g/mol. The third-order valence-electron chi connectivity index (χ3n) is 1.80. The van der Waals surface area contributed by atoms with E-state index in [-0.39, 0.29) is 12.4 Å². The minimum absolute atomic E-state index is 0.